The number of halogens is 8. The molecule has 0 bridgehead atoms. The van der Waals surface area contributed by atoms with Crippen molar-refractivity contribution in [2.45, 2.75) is 44.3 Å². The number of carbonyl (C=O) groups excluding carboxylic acids is 1. The van der Waals surface area contributed by atoms with Gasteiger partial charge in [-0.1, -0.05) is 29.8 Å². The zero-order valence-corrected chi connectivity index (χ0v) is 19.5. The minimum Gasteiger partial charge on any atom is -0.322 e. The van der Waals surface area contributed by atoms with E-state index in [9.17, 15) is 35.5 Å². The lowest BCUT2D eigenvalue weighted by molar-refractivity contribution is -0.348. The van der Waals surface area contributed by atoms with Crippen LogP contribution < -0.4 is 5.32 Å². The molecule has 1 amide bonds. The number of aliphatic imine (C=N–C) groups is 1. The third kappa shape index (κ3) is 4.77. The molecule has 2 aromatic carbocycles. The second kappa shape index (κ2) is 8.75. The van der Waals surface area contributed by atoms with Crippen LogP contribution in [0.15, 0.2) is 41.4 Å². The largest absolute Gasteiger partial charge is 0.435 e. The van der Waals surface area contributed by atoms with E-state index in [0.29, 0.717) is 28.5 Å². The van der Waals surface area contributed by atoms with Crippen molar-refractivity contribution in [1.29, 1.82) is 0 Å². The van der Waals surface area contributed by atoms with Crippen LogP contribution in [0.1, 0.15) is 40.9 Å². The molecule has 1 heterocycles. The molecule has 0 radical (unpaired) electrons. The zero-order valence-electron chi connectivity index (χ0n) is 18.0. The number of benzene rings is 2. The number of rotatable bonds is 4. The lowest BCUT2D eigenvalue weighted by Crippen LogP contribution is -2.50. The first-order valence-electron chi connectivity index (χ1n) is 9.74. The molecule has 0 saturated carbocycles. The Labute approximate surface area is 199 Å². The summed E-state index contributed by atoms with van der Waals surface area (Å²) < 4.78 is 92.6. The van der Waals surface area contributed by atoms with Gasteiger partial charge in [-0.2, -0.15) is 26.3 Å². The molecule has 1 aliphatic heterocycles. The Morgan fingerprint density at radius 1 is 1.06 bits per heavy atom. The Kier molecular flexibility index (Phi) is 6.77. The van der Waals surface area contributed by atoms with Crippen molar-refractivity contribution < 1.29 is 35.5 Å². The number of alkyl halides is 7. The van der Waals surface area contributed by atoms with E-state index in [0.717, 1.165) is 13.0 Å². The quantitative estimate of drug-likeness (QED) is 0.420. The first-order chi connectivity index (χ1) is 15.5. The van der Waals surface area contributed by atoms with Crippen LogP contribution >= 0.6 is 23.4 Å². The summed E-state index contributed by atoms with van der Waals surface area (Å²) in [5.74, 6) is -0.0574. The molecule has 0 aliphatic carbocycles. The van der Waals surface area contributed by atoms with Crippen LogP contribution in [0.25, 0.3) is 0 Å². The fourth-order valence-corrected chi connectivity index (χ4v) is 4.89. The van der Waals surface area contributed by atoms with E-state index in [1.165, 1.54) is 23.9 Å². The topological polar surface area (TPSA) is 41.5 Å². The van der Waals surface area contributed by atoms with Gasteiger partial charge >= 0.3 is 18.0 Å². The first kappa shape index (κ1) is 26.3. The number of aryl methyl sites for hydroxylation is 1. The van der Waals surface area contributed by atoms with E-state index in [1.807, 2.05) is 13.8 Å². The maximum atomic E-state index is 14.3. The van der Waals surface area contributed by atoms with E-state index in [-0.39, 0.29) is 27.4 Å². The molecule has 1 aliphatic rings. The highest BCUT2D eigenvalue weighted by molar-refractivity contribution is 8.14. The number of nitrogens with one attached hydrogen (secondary N) is 1. The minimum atomic E-state index is -6.23. The predicted molar refractivity (Wildman–Crippen MR) is 119 cm³/mol. The zero-order chi connectivity index (χ0) is 25.7. The fourth-order valence-electron chi connectivity index (χ4n) is 3.34. The number of thioether (sulfide) groups is 1. The first-order valence-corrected chi connectivity index (χ1v) is 11.1. The number of hydrogen-bond donors (Lipinski definition) is 1. The number of nitrogens with zero attached hydrogens (tertiary/aromatic N) is 1. The second-order valence-electron chi connectivity index (χ2n) is 8.32. The van der Waals surface area contributed by atoms with Crippen molar-refractivity contribution in [3.8, 4) is 0 Å². The molecule has 34 heavy (non-hydrogen) atoms. The van der Waals surface area contributed by atoms with Gasteiger partial charge < -0.3 is 5.32 Å². The van der Waals surface area contributed by atoms with Gasteiger partial charge in [-0.3, -0.25) is 9.79 Å². The summed E-state index contributed by atoms with van der Waals surface area (Å²) in [6.07, 6.45) is -12.5. The Morgan fingerprint density at radius 2 is 1.68 bits per heavy atom. The molecule has 2 aromatic rings. The summed E-state index contributed by atoms with van der Waals surface area (Å²) in [5.41, 5.74) is -7.38. The molecule has 0 saturated heterocycles. The Morgan fingerprint density at radius 3 is 2.18 bits per heavy atom. The van der Waals surface area contributed by atoms with Crippen LogP contribution in [-0.4, -0.2) is 34.6 Å². The van der Waals surface area contributed by atoms with Crippen molar-refractivity contribution >= 4 is 40.0 Å². The summed E-state index contributed by atoms with van der Waals surface area (Å²) >= 11 is 7.71. The average molecular weight is 527 g/mol. The highest BCUT2D eigenvalue weighted by atomic mass is 35.5. The molecule has 184 valence electrons. The van der Waals surface area contributed by atoms with Crippen molar-refractivity contribution in [1.82, 2.24) is 0 Å². The van der Waals surface area contributed by atoms with Gasteiger partial charge in [0.15, 0.2) is 0 Å². The van der Waals surface area contributed by atoms with E-state index < -0.39 is 29.5 Å². The van der Waals surface area contributed by atoms with Crippen LogP contribution in [-0.2, 0) is 5.67 Å². The van der Waals surface area contributed by atoms with Gasteiger partial charge in [0.05, 0.1) is 16.1 Å². The van der Waals surface area contributed by atoms with Crippen molar-refractivity contribution in [3.05, 3.63) is 63.7 Å². The lowest BCUT2D eigenvalue weighted by atomic mass is 9.92. The molecule has 1 N–H and O–H groups in total. The van der Waals surface area contributed by atoms with Crippen molar-refractivity contribution in [2.75, 3.05) is 11.1 Å². The van der Waals surface area contributed by atoms with E-state index in [1.54, 1.807) is 6.07 Å². The molecule has 0 fully saturated rings. The van der Waals surface area contributed by atoms with Crippen molar-refractivity contribution in [2.24, 2.45) is 4.99 Å². The third-order valence-corrected chi connectivity index (χ3v) is 6.83. The molecular weight excluding hydrogens is 509 g/mol. The highest BCUT2D eigenvalue weighted by Crippen LogP contribution is 2.53. The van der Waals surface area contributed by atoms with Gasteiger partial charge in [-0.05, 0) is 44.5 Å². The molecule has 0 unspecified atom stereocenters. The van der Waals surface area contributed by atoms with E-state index in [4.69, 9.17) is 11.6 Å². The minimum absolute atomic E-state index is 0.0901. The molecule has 3 nitrogen and oxygen atoms in total. The maximum Gasteiger partial charge on any atom is 0.435 e. The highest BCUT2D eigenvalue weighted by Gasteiger charge is 2.73. The number of carbonyl (C=O) groups is 1. The van der Waals surface area contributed by atoms with Crippen LogP contribution in [0.2, 0.25) is 5.02 Å². The Bertz CT molecular complexity index is 1140. The van der Waals surface area contributed by atoms with Gasteiger partial charge in [0.1, 0.15) is 5.04 Å². The maximum absolute atomic E-state index is 14.3. The van der Waals surface area contributed by atoms with Crippen LogP contribution in [0.5, 0.6) is 0 Å². The standard InChI is InChI=1S/C22H18ClF7N2OS/c1-11-9-12(20(24,21(25,26)27)22(28,29)30)7-8-15(11)31-17(33)13-5-4-6-14(23)16(13)18-32-19(2,3)10-34-18/h4-9H,10H2,1-3H3,(H,31,33). The summed E-state index contributed by atoms with van der Waals surface area (Å²) in [4.78, 5) is 17.6. The molecule has 0 aromatic heterocycles. The Balaban J connectivity index is 1.97. The molecular formula is C22H18ClF7N2OS. The number of amides is 1. The predicted octanol–water partition coefficient (Wildman–Crippen LogP) is 7.46. The summed E-state index contributed by atoms with van der Waals surface area (Å²) in [7, 11) is 0. The number of hydrogen-bond acceptors (Lipinski definition) is 3. The molecule has 0 atom stereocenters. The SMILES string of the molecule is Cc1cc(C(F)(C(F)(F)F)C(F)(F)F)ccc1NC(=O)c1cccc(Cl)c1C1=NC(C)(C)CS1. The monoisotopic (exact) mass is 526 g/mol. The lowest BCUT2D eigenvalue weighted by Gasteiger charge is -2.30. The van der Waals surface area contributed by atoms with Crippen LogP contribution in [0.3, 0.4) is 0 Å². The van der Waals surface area contributed by atoms with Gasteiger partial charge in [0, 0.05) is 22.6 Å². The molecule has 3 rings (SSSR count). The van der Waals surface area contributed by atoms with Gasteiger partial charge in [0.2, 0.25) is 0 Å². The van der Waals surface area contributed by atoms with Crippen molar-refractivity contribution in [3.63, 3.8) is 0 Å². The summed E-state index contributed by atoms with van der Waals surface area (Å²) in [6, 6.07) is 6.11. The second-order valence-corrected chi connectivity index (χ2v) is 9.69. The van der Waals surface area contributed by atoms with Gasteiger partial charge in [0.25, 0.3) is 5.91 Å². The summed E-state index contributed by atoms with van der Waals surface area (Å²) in [6.45, 7) is 4.97. The third-order valence-electron chi connectivity index (χ3n) is 5.09. The molecule has 12 heteroatoms. The van der Waals surface area contributed by atoms with Gasteiger partial charge in [-0.25, -0.2) is 4.39 Å². The number of anilines is 1. The fraction of sp³-hybridized carbons (Fsp3) is 0.364. The average Bonchev–Trinajstić information content (AvgIpc) is 3.06. The van der Waals surface area contributed by atoms with Crippen LogP contribution in [0, 0.1) is 6.92 Å². The Hall–Kier alpha value is -2.27. The van der Waals surface area contributed by atoms with Gasteiger partial charge in [-0.15, -0.1) is 11.8 Å². The normalized spacial score (nSPS) is 16.4. The summed E-state index contributed by atoms with van der Waals surface area (Å²) in [5, 5.41) is 3.23. The smallest absolute Gasteiger partial charge is 0.322 e. The molecule has 0 spiro atoms. The van der Waals surface area contributed by atoms with E-state index >= 15 is 0 Å². The van der Waals surface area contributed by atoms with E-state index in [2.05, 4.69) is 10.3 Å². The van der Waals surface area contributed by atoms with Crippen LogP contribution in [0.4, 0.5) is 36.4 Å².